The topological polar surface area (TPSA) is 71.6 Å². The van der Waals surface area contributed by atoms with Gasteiger partial charge in [0.05, 0.1) is 6.54 Å². The van der Waals surface area contributed by atoms with E-state index in [2.05, 4.69) is 107 Å². The maximum Gasteiger partial charge on any atom is 0.332 e. The van der Waals surface area contributed by atoms with Gasteiger partial charge >= 0.3 is 5.97 Å². The first-order chi connectivity index (χ1) is 14.3. The molecule has 3 rings (SSSR count). The fraction of sp³-hybridized carbons (Fsp3) is 0.833. The molecule has 0 atom stereocenters. The lowest BCUT2D eigenvalue weighted by Crippen LogP contribution is -2.12. The molecule has 0 saturated carbocycles. The molecule has 3 aliphatic heterocycles. The molecule has 0 aromatic rings. The zero-order chi connectivity index (χ0) is 24.8. The van der Waals surface area contributed by atoms with Crippen molar-refractivity contribution in [2.75, 3.05) is 32.0 Å². The fourth-order valence-electron chi connectivity index (χ4n) is 1.02. The molecule has 0 radical (unpaired) electrons. The Labute approximate surface area is 232 Å². The number of nitrogens with one attached hydrogen (secondary N) is 3. The van der Waals surface area contributed by atoms with E-state index in [1.165, 1.54) is 0 Å². The first-order valence-corrected chi connectivity index (χ1v) is 12.8. The molecular weight excluding hydrogens is 507 g/mol. The number of thiocarbonyl (C=S) groups is 3. The molecule has 208 valence electrons. The highest BCUT2D eigenvalue weighted by Gasteiger charge is 2.14. The van der Waals surface area contributed by atoms with Crippen LogP contribution in [0.2, 0.25) is 0 Å². The molecule has 3 aliphatic rings. The summed E-state index contributed by atoms with van der Waals surface area (Å²) in [4.78, 5) is 10.1. The number of hydrogen-bond acceptors (Lipinski definition) is 7. The van der Waals surface area contributed by atoms with Crippen molar-refractivity contribution in [1.29, 1.82) is 0 Å². The van der Waals surface area contributed by atoms with Crippen LogP contribution in [-0.4, -0.2) is 52.6 Å². The van der Waals surface area contributed by atoms with Crippen molar-refractivity contribution in [2.45, 2.75) is 84.6 Å². The number of rotatable bonds is 0. The van der Waals surface area contributed by atoms with Crippen LogP contribution < -0.4 is 16.0 Å². The Morgan fingerprint density at radius 1 is 0.735 bits per heavy atom. The number of cyclic esters (lactones) is 1. The van der Waals surface area contributed by atoms with Gasteiger partial charge in [0.25, 0.3) is 10.3 Å². The van der Waals surface area contributed by atoms with Crippen molar-refractivity contribution in [3.05, 3.63) is 0 Å². The highest BCUT2D eigenvalue weighted by Crippen LogP contribution is 2.05. The lowest BCUT2D eigenvalue weighted by Gasteiger charge is -1.85. The molecule has 0 aromatic heterocycles. The van der Waals surface area contributed by atoms with E-state index in [1.807, 2.05) is 0 Å². The van der Waals surface area contributed by atoms with Crippen LogP contribution in [0.15, 0.2) is 0 Å². The second kappa shape index (κ2) is 32.3. The van der Waals surface area contributed by atoms with Gasteiger partial charge in [-0.2, -0.15) is 0 Å². The van der Waals surface area contributed by atoms with Crippen molar-refractivity contribution in [2.24, 2.45) is 17.8 Å². The Morgan fingerprint density at radius 3 is 1.26 bits per heavy atom. The third-order valence-corrected chi connectivity index (χ3v) is 3.60. The lowest BCUT2D eigenvalue weighted by molar-refractivity contribution is -0.131. The van der Waals surface area contributed by atoms with E-state index < -0.39 is 0 Å². The molecule has 6 nitrogen and oxygen atoms in total. The van der Waals surface area contributed by atoms with Crippen LogP contribution in [0.25, 0.3) is 0 Å². The van der Waals surface area contributed by atoms with Crippen LogP contribution in [0.1, 0.15) is 84.6 Å². The second-order valence-corrected chi connectivity index (χ2v) is 11.0. The van der Waals surface area contributed by atoms with Gasteiger partial charge in [-0.1, -0.05) is 109 Å². The van der Waals surface area contributed by atoms with Gasteiger partial charge in [0.15, 0.2) is 0 Å². The summed E-state index contributed by atoms with van der Waals surface area (Å²) in [6, 6.07) is 0. The number of carbonyl (C=O) groups excluding carboxylic acids is 1. The molecule has 10 heteroatoms. The molecule has 3 saturated heterocycles. The summed E-state index contributed by atoms with van der Waals surface area (Å²) in [6.07, 6.45) is 0. The van der Waals surface area contributed by atoms with Gasteiger partial charge < -0.3 is 25.4 Å². The van der Waals surface area contributed by atoms with E-state index >= 15 is 0 Å². The third-order valence-electron chi connectivity index (χ3n) is 1.79. The smallest absolute Gasteiger partial charge is 0.332 e. The molecule has 0 aliphatic carbocycles. The van der Waals surface area contributed by atoms with E-state index in [4.69, 9.17) is 17.0 Å². The first-order valence-electron chi connectivity index (χ1n) is 10.6. The number of thioether (sulfide) groups is 1. The summed E-state index contributed by atoms with van der Waals surface area (Å²) in [6.45, 7) is 22.4. The molecule has 0 aromatic carbocycles. The van der Waals surface area contributed by atoms with Crippen LogP contribution in [-0.2, 0) is 14.3 Å². The molecule has 0 amide bonds. The average Bonchev–Trinajstić information content (AvgIpc) is 3.32. The highest BCUT2D eigenvalue weighted by molar-refractivity contribution is 8.23. The SMILES string of the molecule is C.C.C.CC(C)C.CC(C)C.CC(C)C.O=C1CNC(=S)O1.S=C1NCCO1.S=C1NCCS1. The summed E-state index contributed by atoms with van der Waals surface area (Å²) in [5.74, 6) is 3.35. The molecule has 0 unspecified atom stereocenters. The van der Waals surface area contributed by atoms with Crippen molar-refractivity contribution >= 4 is 69.1 Å². The maximum atomic E-state index is 10.1. The maximum absolute atomic E-state index is 10.1. The minimum absolute atomic E-state index is 0. The molecular formula is C24H55N3O3S4. The van der Waals surface area contributed by atoms with Crippen molar-refractivity contribution < 1.29 is 14.3 Å². The van der Waals surface area contributed by atoms with E-state index in [1.54, 1.807) is 11.8 Å². The summed E-state index contributed by atoms with van der Waals surface area (Å²) in [7, 11) is 0. The van der Waals surface area contributed by atoms with E-state index in [0.29, 0.717) is 5.17 Å². The van der Waals surface area contributed by atoms with Gasteiger partial charge in [-0.05, 0) is 42.2 Å². The van der Waals surface area contributed by atoms with E-state index in [0.717, 1.165) is 47.5 Å². The van der Waals surface area contributed by atoms with Crippen LogP contribution in [0.3, 0.4) is 0 Å². The van der Waals surface area contributed by atoms with Crippen LogP contribution >= 0.6 is 48.4 Å². The number of carbonyl (C=O) groups is 1. The molecule has 3 N–H and O–H groups in total. The Morgan fingerprint density at radius 2 is 1.18 bits per heavy atom. The van der Waals surface area contributed by atoms with Gasteiger partial charge in [0.1, 0.15) is 17.5 Å². The first kappa shape index (κ1) is 46.6. The van der Waals surface area contributed by atoms with E-state index in [9.17, 15) is 4.79 Å². The number of hydrogen-bond donors (Lipinski definition) is 3. The van der Waals surface area contributed by atoms with Crippen LogP contribution in [0.5, 0.6) is 0 Å². The minimum Gasteiger partial charge on any atom is -0.469 e. The monoisotopic (exact) mass is 561 g/mol. The zero-order valence-electron chi connectivity index (χ0n) is 20.6. The second-order valence-electron chi connectivity index (χ2n) is 8.44. The van der Waals surface area contributed by atoms with Gasteiger partial charge in [0.2, 0.25) is 0 Å². The van der Waals surface area contributed by atoms with E-state index in [-0.39, 0.29) is 40.0 Å². The van der Waals surface area contributed by atoms with Crippen molar-refractivity contribution in [3.8, 4) is 0 Å². The van der Waals surface area contributed by atoms with Gasteiger partial charge in [-0.3, -0.25) is 0 Å². The van der Waals surface area contributed by atoms with Crippen molar-refractivity contribution in [1.82, 2.24) is 16.0 Å². The normalized spacial score (nSPS) is 14.2. The standard InChI is InChI=1S/3C4H10.C3H3NO2S.C3H5NOS.C3H5NS2.3CH4/c3*1-4(2)3;5-2-1-4-3(7)6-2;6-3-4-1-2-5-3;5-3-4-1-2-6-3;;;/h3*4H,1-3H3;1H2,(H,4,7);1-2H2,(H,4,6);1-2H2,(H,4,5);3*1H4. The number of ether oxygens (including phenoxy) is 2. The highest BCUT2D eigenvalue weighted by atomic mass is 32.2. The average molecular weight is 562 g/mol. The largest absolute Gasteiger partial charge is 0.469 e. The summed E-state index contributed by atoms with van der Waals surface area (Å²) >= 11 is 15.5. The Bertz CT molecular complexity index is 431. The summed E-state index contributed by atoms with van der Waals surface area (Å²) in [5.41, 5.74) is 0. The van der Waals surface area contributed by atoms with Gasteiger partial charge in [0, 0.05) is 12.3 Å². The van der Waals surface area contributed by atoms with Gasteiger partial charge in [-0.25, -0.2) is 4.79 Å². The lowest BCUT2D eigenvalue weighted by atomic mass is 10.3. The predicted octanol–water partition coefficient (Wildman–Crippen LogP) is 6.81. The van der Waals surface area contributed by atoms with Crippen molar-refractivity contribution in [3.63, 3.8) is 0 Å². The Kier molecular flexibility index (Phi) is 44.3. The molecule has 3 heterocycles. The molecule has 3 fully saturated rings. The predicted molar refractivity (Wildman–Crippen MR) is 168 cm³/mol. The van der Waals surface area contributed by atoms with Crippen LogP contribution in [0.4, 0.5) is 0 Å². The summed E-state index contributed by atoms with van der Waals surface area (Å²) in [5, 5.41) is 9.09. The minimum atomic E-state index is -0.301. The number of esters is 1. The molecule has 34 heavy (non-hydrogen) atoms. The Balaban J connectivity index is -0.0000000691. The Hall–Kier alpha value is -0.710. The zero-order valence-corrected chi connectivity index (χ0v) is 23.9. The van der Waals surface area contributed by atoms with Gasteiger partial charge in [-0.15, -0.1) is 0 Å². The van der Waals surface area contributed by atoms with Crippen LogP contribution in [0, 0.1) is 17.8 Å². The third kappa shape index (κ3) is 57.8. The fourth-order valence-corrected chi connectivity index (χ4v) is 2.31. The summed E-state index contributed by atoms with van der Waals surface area (Å²) < 4.78 is 10.1. The quantitative estimate of drug-likeness (QED) is 0.217. The molecule has 0 spiro atoms. The molecule has 0 bridgehead atoms.